The fourth-order valence-corrected chi connectivity index (χ4v) is 8.51. The van der Waals surface area contributed by atoms with Crippen LogP contribution in [0.1, 0.15) is 63.1 Å². The number of likely N-dealkylation sites (tertiary alicyclic amines) is 1. The first kappa shape index (κ1) is 37.4. The topological polar surface area (TPSA) is 215 Å². The van der Waals surface area contributed by atoms with Gasteiger partial charge in [0.1, 0.15) is 24.0 Å². The first-order valence-electron chi connectivity index (χ1n) is 17.8. The molecular weight excluding hydrogens is 738 g/mol. The highest BCUT2D eigenvalue weighted by Gasteiger charge is 2.44. The van der Waals surface area contributed by atoms with Crippen LogP contribution in [-0.4, -0.2) is 91.0 Å². The Morgan fingerprint density at radius 2 is 1.62 bits per heavy atom. The number of carbonyl (C=O) groups is 6. The molecule has 55 heavy (non-hydrogen) atoms. The van der Waals surface area contributed by atoms with Gasteiger partial charge < -0.3 is 20.6 Å². The van der Waals surface area contributed by atoms with Crippen LogP contribution in [0.5, 0.6) is 5.75 Å². The smallest absolute Gasteiger partial charge is 0.326 e. The van der Waals surface area contributed by atoms with Gasteiger partial charge in [-0.2, -0.15) is 8.42 Å². The first-order chi connectivity index (χ1) is 26.3. The lowest BCUT2D eigenvalue weighted by Gasteiger charge is -2.27. The summed E-state index contributed by atoms with van der Waals surface area (Å²) in [6, 6.07) is 13.9. The molecule has 0 bridgehead atoms. The van der Waals surface area contributed by atoms with E-state index in [1.807, 2.05) is 24.3 Å². The molecule has 7 rings (SSSR count). The fourth-order valence-electron chi connectivity index (χ4n) is 7.34. The van der Waals surface area contributed by atoms with Gasteiger partial charge in [-0.25, -0.2) is 13.4 Å². The molecule has 4 aliphatic heterocycles. The molecule has 0 spiro atoms. The van der Waals surface area contributed by atoms with Crippen LogP contribution in [-0.2, 0) is 48.9 Å². The number of aromatic hydroxyl groups is 1. The van der Waals surface area contributed by atoms with Crippen molar-refractivity contribution in [2.45, 2.75) is 51.2 Å². The van der Waals surface area contributed by atoms with Crippen LogP contribution in [0.25, 0.3) is 0 Å². The summed E-state index contributed by atoms with van der Waals surface area (Å²) in [5.41, 5.74) is 2.75. The molecule has 0 saturated carbocycles. The Labute approximate surface area is 315 Å². The van der Waals surface area contributed by atoms with E-state index in [2.05, 4.69) is 20.9 Å². The summed E-state index contributed by atoms with van der Waals surface area (Å²) in [5, 5.41) is 18.8. The number of phenols is 1. The second-order valence-electron chi connectivity index (χ2n) is 14.0. The third-order valence-corrected chi connectivity index (χ3v) is 11.6. The van der Waals surface area contributed by atoms with Crippen LogP contribution < -0.4 is 25.0 Å². The lowest BCUT2D eigenvalue weighted by atomic mass is 10.0. The second kappa shape index (κ2) is 15.1. The molecular formula is C37H38FN7O9S. The lowest BCUT2D eigenvalue weighted by Crippen LogP contribution is -2.54. The molecule has 4 heterocycles. The standard InChI is InChI=1S/C37H38FN7O9S/c38-28-13-23(14-30(46)34(28)44-20-33(49)42-55(44,53)54)9-11-43-12-10-24(19-43)15-32(48)40-18-22-3-1-21(2-4-22)17-39-25-5-6-26-27(16-25)37(52)45(36(26)51)29-7-8-31(47)41-35(29)50/h1-6,13-14,16,24,29,39,46H,7-12,15,17-20H2,(H,40,48)(H,42,49)(H,41,47,50)/t24-,29?/m0/s1. The highest BCUT2D eigenvalue weighted by atomic mass is 32.2. The number of halogens is 1. The van der Waals surface area contributed by atoms with Crippen molar-refractivity contribution >= 4 is 57.0 Å². The number of hydrogen-bond acceptors (Lipinski definition) is 11. The molecule has 0 radical (unpaired) electrons. The minimum atomic E-state index is -4.27. The number of piperidine rings is 1. The number of hydrogen-bond donors (Lipinski definition) is 5. The molecule has 6 amide bonds. The maximum Gasteiger partial charge on any atom is 0.326 e. The van der Waals surface area contributed by atoms with Crippen LogP contribution in [0.4, 0.5) is 15.8 Å². The lowest BCUT2D eigenvalue weighted by molar-refractivity contribution is -0.136. The minimum absolute atomic E-state index is 0.0475. The number of fused-ring (bicyclic) bond motifs is 1. The third kappa shape index (κ3) is 8.00. The van der Waals surface area contributed by atoms with Crippen molar-refractivity contribution < 1.29 is 46.7 Å². The van der Waals surface area contributed by atoms with E-state index in [0.29, 0.717) is 54.6 Å². The van der Waals surface area contributed by atoms with Gasteiger partial charge in [0.2, 0.25) is 17.7 Å². The molecule has 18 heteroatoms. The number of nitrogens with zero attached hydrogens (tertiary/aromatic N) is 3. The summed E-state index contributed by atoms with van der Waals surface area (Å²) >= 11 is 0. The predicted molar refractivity (Wildman–Crippen MR) is 194 cm³/mol. The molecule has 288 valence electrons. The summed E-state index contributed by atoms with van der Waals surface area (Å²) in [6.45, 7) is 2.13. The van der Waals surface area contributed by atoms with Gasteiger partial charge in [-0.15, -0.1) is 0 Å². The average molecular weight is 776 g/mol. The Kier molecular flexibility index (Phi) is 10.3. The maximum atomic E-state index is 14.9. The van der Waals surface area contributed by atoms with Gasteiger partial charge >= 0.3 is 10.2 Å². The van der Waals surface area contributed by atoms with Crippen molar-refractivity contribution in [2.75, 3.05) is 35.8 Å². The van der Waals surface area contributed by atoms with Gasteiger partial charge in [0.05, 0.1) is 11.1 Å². The number of carbonyl (C=O) groups excluding carboxylic acids is 6. The number of amides is 6. The fraction of sp³-hybridized carbons (Fsp3) is 0.351. The zero-order chi connectivity index (χ0) is 39.0. The van der Waals surface area contributed by atoms with Crippen molar-refractivity contribution in [1.82, 2.24) is 25.2 Å². The van der Waals surface area contributed by atoms with Gasteiger partial charge in [-0.05, 0) is 78.7 Å². The monoisotopic (exact) mass is 775 g/mol. The third-order valence-electron chi connectivity index (χ3n) is 10.2. The number of imide groups is 2. The van der Waals surface area contributed by atoms with E-state index in [1.54, 1.807) is 22.9 Å². The molecule has 0 aliphatic carbocycles. The van der Waals surface area contributed by atoms with Crippen LogP contribution in [0, 0.1) is 11.7 Å². The Morgan fingerprint density at radius 3 is 2.31 bits per heavy atom. The molecule has 2 atom stereocenters. The maximum absolute atomic E-state index is 14.9. The molecule has 16 nitrogen and oxygen atoms in total. The normalized spacial score (nSPS) is 20.8. The van der Waals surface area contributed by atoms with Gasteiger partial charge in [-0.1, -0.05) is 24.3 Å². The van der Waals surface area contributed by atoms with E-state index >= 15 is 0 Å². The van der Waals surface area contributed by atoms with Crippen LogP contribution in [0.3, 0.4) is 0 Å². The molecule has 3 fully saturated rings. The Morgan fingerprint density at radius 1 is 0.891 bits per heavy atom. The molecule has 3 aromatic carbocycles. The summed E-state index contributed by atoms with van der Waals surface area (Å²) in [4.78, 5) is 77.3. The number of anilines is 2. The zero-order valence-corrected chi connectivity index (χ0v) is 30.3. The summed E-state index contributed by atoms with van der Waals surface area (Å²) in [6.07, 6.45) is 1.68. The van der Waals surface area contributed by atoms with E-state index < -0.39 is 69.6 Å². The van der Waals surface area contributed by atoms with E-state index in [0.717, 1.165) is 35.1 Å². The first-order valence-corrected chi connectivity index (χ1v) is 19.2. The predicted octanol–water partition coefficient (Wildman–Crippen LogP) is 1.30. The van der Waals surface area contributed by atoms with Crippen molar-refractivity contribution in [3.8, 4) is 5.75 Å². The van der Waals surface area contributed by atoms with Crippen molar-refractivity contribution in [3.63, 3.8) is 0 Å². The zero-order valence-electron chi connectivity index (χ0n) is 29.5. The van der Waals surface area contributed by atoms with E-state index in [4.69, 9.17) is 0 Å². The van der Waals surface area contributed by atoms with Gasteiger partial charge in [0, 0.05) is 44.7 Å². The van der Waals surface area contributed by atoms with Gasteiger partial charge in [0.25, 0.3) is 17.7 Å². The van der Waals surface area contributed by atoms with Gasteiger partial charge in [0.15, 0.2) is 5.82 Å². The van der Waals surface area contributed by atoms with Crippen molar-refractivity contribution in [3.05, 3.63) is 88.2 Å². The molecule has 3 aromatic rings. The molecule has 5 N–H and O–H groups in total. The number of nitrogens with one attached hydrogen (secondary N) is 4. The number of benzene rings is 3. The van der Waals surface area contributed by atoms with E-state index in [-0.39, 0.29) is 35.8 Å². The highest BCUT2D eigenvalue weighted by molar-refractivity contribution is 7.92. The minimum Gasteiger partial charge on any atom is -0.506 e. The molecule has 0 aromatic heterocycles. The molecule has 1 unspecified atom stereocenters. The van der Waals surface area contributed by atoms with Crippen LogP contribution in [0.2, 0.25) is 0 Å². The largest absolute Gasteiger partial charge is 0.506 e. The SMILES string of the molecule is O=C(C[C@@H]1CCN(CCc2cc(O)c(N3CC(=O)NS3(=O)=O)c(F)c2)C1)NCc1ccc(CNc2ccc3c(c2)C(=O)N(C2CCC(=O)NC2=O)C3=O)cc1. The van der Waals surface area contributed by atoms with E-state index in [1.165, 1.54) is 6.07 Å². The molecule has 4 aliphatic rings. The van der Waals surface area contributed by atoms with E-state index in [9.17, 15) is 46.7 Å². The quantitative estimate of drug-likeness (QED) is 0.165. The Bertz CT molecular complexity index is 2190. The Hall–Kier alpha value is -5.88. The van der Waals surface area contributed by atoms with Crippen molar-refractivity contribution in [1.29, 1.82) is 0 Å². The van der Waals surface area contributed by atoms with Crippen LogP contribution >= 0.6 is 0 Å². The average Bonchev–Trinajstić information content (AvgIpc) is 3.77. The number of phenolic OH excluding ortho intramolecular Hbond substituents is 1. The van der Waals surface area contributed by atoms with Gasteiger partial charge in [-0.3, -0.25) is 39.0 Å². The highest BCUT2D eigenvalue weighted by Crippen LogP contribution is 2.35. The van der Waals surface area contributed by atoms with Crippen LogP contribution in [0.15, 0.2) is 54.6 Å². The summed E-state index contributed by atoms with van der Waals surface area (Å²) < 4.78 is 41.3. The summed E-state index contributed by atoms with van der Waals surface area (Å²) in [5.74, 6) is -4.52. The Balaban J connectivity index is 0.835. The molecule has 3 saturated heterocycles. The second-order valence-corrected chi connectivity index (χ2v) is 15.6. The number of rotatable bonds is 12. The van der Waals surface area contributed by atoms with Crippen molar-refractivity contribution in [2.24, 2.45) is 5.92 Å². The summed E-state index contributed by atoms with van der Waals surface area (Å²) in [7, 11) is -4.27.